The quantitative estimate of drug-likeness (QED) is 0.845. The second kappa shape index (κ2) is 5.38. The number of aromatic nitrogens is 2. The average molecular weight is 292 g/mol. The fourth-order valence-electron chi connectivity index (χ4n) is 1.73. The van der Waals surface area contributed by atoms with E-state index in [-0.39, 0.29) is 16.7 Å². The monoisotopic (exact) mass is 292 g/mol. The summed E-state index contributed by atoms with van der Waals surface area (Å²) in [6, 6.07) is 4.14. The molecule has 1 heterocycles. The number of nitrogens with two attached hydrogens (primary N) is 1. The Morgan fingerprint density at radius 2 is 2.20 bits per heavy atom. The Morgan fingerprint density at radius 1 is 1.50 bits per heavy atom. The maximum absolute atomic E-state index is 13.2. The molecule has 3 N–H and O–H groups in total. The van der Waals surface area contributed by atoms with E-state index in [1.54, 1.807) is 14.0 Å². The molecule has 1 amide bonds. The molecule has 5 nitrogen and oxygen atoms in total. The van der Waals surface area contributed by atoms with Crippen molar-refractivity contribution in [2.24, 2.45) is 12.8 Å². The molecule has 104 valence electrons. The largest absolute Gasteiger partial charge is 0.389 e. The molecule has 7 heteroatoms. The first-order valence-electron chi connectivity index (χ1n) is 5.79. The molecule has 0 aliphatic carbocycles. The average Bonchev–Trinajstić information content (AvgIpc) is 2.74. The third-order valence-corrected chi connectivity index (χ3v) is 3.08. The molecule has 0 saturated carbocycles. The highest BCUT2D eigenvalue weighted by Crippen LogP contribution is 2.16. The third-order valence-electron chi connectivity index (χ3n) is 2.86. The van der Waals surface area contributed by atoms with E-state index < -0.39 is 0 Å². The topological polar surface area (TPSA) is 72.9 Å². The molecule has 1 aromatic carbocycles. The number of nitrogens with zero attached hydrogens (tertiary/aromatic N) is 2. The second-order valence-electron chi connectivity index (χ2n) is 4.31. The first-order chi connectivity index (χ1) is 9.40. The van der Waals surface area contributed by atoms with Crippen LogP contribution in [0.5, 0.6) is 0 Å². The Bertz CT molecular complexity index is 696. The number of halogens is 1. The molecule has 0 fully saturated rings. The van der Waals surface area contributed by atoms with Crippen molar-refractivity contribution in [3.63, 3.8) is 0 Å². The van der Waals surface area contributed by atoms with Crippen molar-refractivity contribution in [3.05, 3.63) is 46.9 Å². The zero-order valence-electron chi connectivity index (χ0n) is 11.0. The lowest BCUT2D eigenvalue weighted by Gasteiger charge is -2.08. The Kier molecular flexibility index (Phi) is 3.80. The van der Waals surface area contributed by atoms with E-state index in [1.807, 2.05) is 0 Å². The number of thiocarbonyl (C=S) groups is 1. The molecule has 1 aromatic heterocycles. The zero-order chi connectivity index (χ0) is 14.9. The predicted octanol–water partition coefficient (Wildman–Crippen LogP) is 1.75. The Balaban J connectivity index is 2.30. The number of nitrogens with one attached hydrogen (secondary N) is 1. The van der Waals surface area contributed by atoms with Crippen LogP contribution in [0.4, 0.5) is 10.2 Å². The molecule has 0 aliphatic rings. The number of hydrogen-bond donors (Lipinski definition) is 2. The lowest BCUT2D eigenvalue weighted by atomic mass is 10.1. The van der Waals surface area contributed by atoms with Gasteiger partial charge in [-0.3, -0.25) is 9.48 Å². The molecule has 0 unspecified atom stereocenters. The van der Waals surface area contributed by atoms with E-state index in [0.29, 0.717) is 22.5 Å². The first-order valence-corrected chi connectivity index (χ1v) is 6.20. The van der Waals surface area contributed by atoms with Crippen LogP contribution in [0.1, 0.15) is 21.5 Å². The molecule has 2 rings (SSSR count). The molecule has 0 atom stereocenters. The Labute approximate surface area is 120 Å². The van der Waals surface area contributed by atoms with Crippen LogP contribution in [0.2, 0.25) is 0 Å². The van der Waals surface area contributed by atoms with Gasteiger partial charge in [0.05, 0.1) is 11.8 Å². The van der Waals surface area contributed by atoms with Crippen LogP contribution in [0, 0.1) is 12.7 Å². The Hall–Kier alpha value is -2.28. The maximum atomic E-state index is 13.2. The van der Waals surface area contributed by atoms with Crippen molar-refractivity contribution in [1.82, 2.24) is 9.78 Å². The van der Waals surface area contributed by atoms with E-state index in [0.717, 1.165) is 0 Å². The van der Waals surface area contributed by atoms with Gasteiger partial charge in [-0.15, -0.1) is 0 Å². The van der Waals surface area contributed by atoms with E-state index in [4.69, 9.17) is 18.0 Å². The summed E-state index contributed by atoms with van der Waals surface area (Å²) >= 11 is 4.89. The predicted molar refractivity (Wildman–Crippen MR) is 78.2 cm³/mol. The van der Waals surface area contributed by atoms with Gasteiger partial charge in [0.15, 0.2) is 0 Å². The molecule has 0 aliphatic heterocycles. The zero-order valence-corrected chi connectivity index (χ0v) is 11.8. The maximum Gasteiger partial charge on any atom is 0.256 e. The number of rotatable bonds is 3. The summed E-state index contributed by atoms with van der Waals surface area (Å²) < 4.78 is 14.7. The molecule has 0 bridgehead atoms. The van der Waals surface area contributed by atoms with Crippen molar-refractivity contribution >= 4 is 28.9 Å². The molecule has 0 saturated heterocycles. The summed E-state index contributed by atoms with van der Waals surface area (Å²) in [5.41, 5.74) is 6.79. The van der Waals surface area contributed by atoms with Crippen LogP contribution in [0.3, 0.4) is 0 Å². The molecular weight excluding hydrogens is 279 g/mol. The van der Waals surface area contributed by atoms with Gasteiger partial charge in [0.1, 0.15) is 16.6 Å². The summed E-state index contributed by atoms with van der Waals surface area (Å²) in [7, 11) is 1.66. The van der Waals surface area contributed by atoms with Gasteiger partial charge in [-0.2, -0.15) is 5.10 Å². The number of anilines is 1. The first kappa shape index (κ1) is 14.1. The highest BCUT2D eigenvalue weighted by Gasteiger charge is 2.15. The van der Waals surface area contributed by atoms with Crippen molar-refractivity contribution < 1.29 is 9.18 Å². The van der Waals surface area contributed by atoms with Gasteiger partial charge in [0.25, 0.3) is 5.91 Å². The highest BCUT2D eigenvalue weighted by molar-refractivity contribution is 7.80. The van der Waals surface area contributed by atoms with Crippen LogP contribution < -0.4 is 11.1 Å². The number of amides is 1. The van der Waals surface area contributed by atoms with E-state index in [9.17, 15) is 9.18 Å². The van der Waals surface area contributed by atoms with Gasteiger partial charge in [-0.05, 0) is 30.7 Å². The SMILES string of the molecule is Cc1cc(C(=O)Nc2c(C(N)=S)cnn2C)ccc1F. The van der Waals surface area contributed by atoms with Crippen molar-refractivity contribution in [3.8, 4) is 0 Å². The lowest BCUT2D eigenvalue weighted by molar-refractivity contribution is 0.102. The van der Waals surface area contributed by atoms with Crippen LogP contribution in [-0.2, 0) is 7.05 Å². The van der Waals surface area contributed by atoms with Crippen molar-refractivity contribution in [2.75, 3.05) is 5.32 Å². The van der Waals surface area contributed by atoms with Crippen LogP contribution in [0.25, 0.3) is 0 Å². The van der Waals surface area contributed by atoms with Gasteiger partial charge in [-0.25, -0.2) is 4.39 Å². The minimum atomic E-state index is -0.380. The van der Waals surface area contributed by atoms with E-state index in [1.165, 1.54) is 29.1 Å². The minimum Gasteiger partial charge on any atom is -0.389 e. The summed E-state index contributed by atoms with van der Waals surface area (Å²) in [5.74, 6) is -0.329. The fraction of sp³-hybridized carbons (Fsp3) is 0.154. The second-order valence-corrected chi connectivity index (χ2v) is 4.75. The van der Waals surface area contributed by atoms with E-state index >= 15 is 0 Å². The van der Waals surface area contributed by atoms with Gasteiger partial charge in [0, 0.05) is 12.6 Å². The Morgan fingerprint density at radius 3 is 2.80 bits per heavy atom. The van der Waals surface area contributed by atoms with Crippen LogP contribution >= 0.6 is 12.2 Å². The number of aryl methyl sites for hydroxylation is 2. The molecule has 0 spiro atoms. The number of hydrogen-bond acceptors (Lipinski definition) is 3. The van der Waals surface area contributed by atoms with Crippen molar-refractivity contribution in [1.29, 1.82) is 0 Å². The smallest absolute Gasteiger partial charge is 0.256 e. The van der Waals surface area contributed by atoms with Crippen LogP contribution in [-0.4, -0.2) is 20.7 Å². The normalized spacial score (nSPS) is 10.3. The molecular formula is C13H13FN4OS. The van der Waals surface area contributed by atoms with Crippen molar-refractivity contribution in [2.45, 2.75) is 6.92 Å². The number of benzene rings is 1. The summed E-state index contributed by atoms with van der Waals surface area (Å²) in [5, 5.41) is 6.67. The van der Waals surface area contributed by atoms with Gasteiger partial charge < -0.3 is 11.1 Å². The highest BCUT2D eigenvalue weighted by atomic mass is 32.1. The fourth-order valence-corrected chi connectivity index (χ4v) is 1.88. The standard InChI is InChI=1S/C13H13FN4OS/c1-7-5-8(3-4-10(7)14)13(19)17-12-9(11(15)20)6-16-18(12)2/h3-6H,1-2H3,(H2,15,20)(H,17,19). The van der Waals surface area contributed by atoms with Gasteiger partial charge in [-0.1, -0.05) is 12.2 Å². The van der Waals surface area contributed by atoms with Gasteiger partial charge >= 0.3 is 0 Å². The summed E-state index contributed by atoms with van der Waals surface area (Å²) in [6.07, 6.45) is 1.48. The van der Waals surface area contributed by atoms with Gasteiger partial charge in [0.2, 0.25) is 0 Å². The lowest BCUT2D eigenvalue weighted by Crippen LogP contribution is -2.19. The summed E-state index contributed by atoms with van der Waals surface area (Å²) in [4.78, 5) is 12.3. The van der Waals surface area contributed by atoms with E-state index in [2.05, 4.69) is 10.4 Å². The molecule has 0 radical (unpaired) electrons. The molecule has 20 heavy (non-hydrogen) atoms. The summed E-state index contributed by atoms with van der Waals surface area (Å²) in [6.45, 7) is 1.59. The number of carbonyl (C=O) groups is 1. The molecule has 2 aromatic rings. The minimum absolute atomic E-state index is 0.142. The van der Waals surface area contributed by atoms with Crippen LogP contribution in [0.15, 0.2) is 24.4 Å². The number of carbonyl (C=O) groups excluding carboxylic acids is 1. The third kappa shape index (κ3) is 2.67.